The Morgan fingerprint density at radius 2 is 1.57 bits per heavy atom. The number of carbonyl (C=O) groups is 1. The molecule has 0 atom stereocenters. The van der Waals surface area contributed by atoms with E-state index >= 15 is 0 Å². The van der Waals surface area contributed by atoms with E-state index in [1.807, 2.05) is 58.9 Å². The smallest absolute Gasteiger partial charge is 0.316 e. The van der Waals surface area contributed by atoms with E-state index in [-0.39, 0.29) is 5.97 Å². The number of carbonyl (C=O) groups excluding carboxylic acids is 1. The van der Waals surface area contributed by atoms with Crippen molar-refractivity contribution in [2.75, 3.05) is 13.2 Å². The third kappa shape index (κ3) is 3.76. The van der Waals surface area contributed by atoms with Crippen LogP contribution in [0, 0.1) is 5.41 Å². The molecule has 4 nitrogen and oxygen atoms in total. The zero-order chi connectivity index (χ0) is 17.0. The van der Waals surface area contributed by atoms with Crippen molar-refractivity contribution in [1.29, 1.82) is 0 Å². The average Bonchev–Trinajstić information content (AvgIpc) is 2.50. The fourth-order valence-corrected chi connectivity index (χ4v) is 2.18. The van der Waals surface area contributed by atoms with Gasteiger partial charge >= 0.3 is 5.97 Å². The Morgan fingerprint density at radius 3 is 2.13 bits per heavy atom. The normalized spacial score (nSPS) is 11.3. The predicted octanol–water partition coefficient (Wildman–Crippen LogP) is 4.59. The molecule has 2 aromatic rings. The first-order chi connectivity index (χ1) is 10.9. The minimum Gasteiger partial charge on any atom is -0.490 e. The number of rotatable bonds is 5. The summed E-state index contributed by atoms with van der Waals surface area (Å²) >= 11 is 0. The van der Waals surface area contributed by atoms with Crippen LogP contribution in [0.1, 0.15) is 34.6 Å². The van der Waals surface area contributed by atoms with Crippen molar-refractivity contribution < 1.29 is 19.0 Å². The van der Waals surface area contributed by atoms with Crippen molar-refractivity contribution >= 4 is 16.7 Å². The number of benzene rings is 2. The Labute approximate surface area is 137 Å². The fourth-order valence-electron chi connectivity index (χ4n) is 2.18. The maximum atomic E-state index is 12.3. The molecule has 0 spiro atoms. The molecule has 0 radical (unpaired) electrons. The molecule has 0 aliphatic carbocycles. The Morgan fingerprint density at radius 1 is 0.957 bits per heavy atom. The minimum absolute atomic E-state index is 0.283. The number of fused-ring (bicyclic) bond motifs is 1. The van der Waals surface area contributed by atoms with Crippen LogP contribution in [0.4, 0.5) is 0 Å². The molecule has 4 heteroatoms. The molecular formula is C19H24O4. The molecule has 0 aromatic heterocycles. The fraction of sp³-hybridized carbons (Fsp3) is 0.421. The summed E-state index contributed by atoms with van der Waals surface area (Å²) in [5.41, 5.74) is -0.578. The van der Waals surface area contributed by atoms with Crippen LogP contribution in [0.3, 0.4) is 0 Å². The summed E-state index contributed by atoms with van der Waals surface area (Å²) in [5, 5.41) is 1.70. The highest BCUT2D eigenvalue weighted by molar-refractivity contribution is 5.97. The van der Waals surface area contributed by atoms with E-state index in [0.717, 1.165) is 10.8 Å². The van der Waals surface area contributed by atoms with Crippen LogP contribution >= 0.6 is 0 Å². The highest BCUT2D eigenvalue weighted by atomic mass is 16.5. The quantitative estimate of drug-likeness (QED) is 0.598. The van der Waals surface area contributed by atoms with Gasteiger partial charge in [-0.1, -0.05) is 24.3 Å². The lowest BCUT2D eigenvalue weighted by atomic mass is 9.97. The van der Waals surface area contributed by atoms with Crippen LogP contribution in [0.2, 0.25) is 0 Å². The first-order valence-electron chi connectivity index (χ1n) is 7.92. The van der Waals surface area contributed by atoms with Crippen LogP contribution < -0.4 is 14.2 Å². The molecule has 2 rings (SSSR count). The standard InChI is InChI=1S/C19H24O4/c1-6-21-16-12-15(23-18(20)19(3,4)5)13-10-8-9-11-14(13)17(16)22-7-2/h8-12H,6-7H2,1-5H3. The molecule has 0 aliphatic rings. The van der Waals surface area contributed by atoms with E-state index in [1.165, 1.54) is 0 Å². The number of hydrogen-bond acceptors (Lipinski definition) is 4. The lowest BCUT2D eigenvalue weighted by Gasteiger charge is -2.20. The Bertz CT molecular complexity index is 698. The van der Waals surface area contributed by atoms with E-state index in [1.54, 1.807) is 6.07 Å². The summed E-state index contributed by atoms with van der Waals surface area (Å²) in [4.78, 5) is 12.3. The molecule has 0 unspecified atom stereocenters. The second-order valence-corrected chi connectivity index (χ2v) is 6.25. The van der Waals surface area contributed by atoms with Crippen molar-refractivity contribution in [3.63, 3.8) is 0 Å². The first-order valence-corrected chi connectivity index (χ1v) is 7.92. The zero-order valence-electron chi connectivity index (χ0n) is 14.4. The molecule has 0 saturated carbocycles. The first kappa shape index (κ1) is 17.1. The summed E-state index contributed by atoms with van der Waals surface area (Å²) in [7, 11) is 0. The van der Waals surface area contributed by atoms with Gasteiger partial charge in [-0.2, -0.15) is 0 Å². The van der Waals surface area contributed by atoms with Crippen molar-refractivity contribution in [2.45, 2.75) is 34.6 Å². The molecule has 0 amide bonds. The van der Waals surface area contributed by atoms with Gasteiger partial charge in [0, 0.05) is 16.8 Å². The zero-order valence-corrected chi connectivity index (χ0v) is 14.4. The van der Waals surface area contributed by atoms with E-state index in [4.69, 9.17) is 14.2 Å². The van der Waals surface area contributed by atoms with Gasteiger partial charge in [0.05, 0.1) is 18.6 Å². The third-order valence-corrected chi connectivity index (χ3v) is 3.33. The summed E-state index contributed by atoms with van der Waals surface area (Å²) in [6.45, 7) is 10.4. The van der Waals surface area contributed by atoms with Crippen LogP contribution in [-0.4, -0.2) is 19.2 Å². The monoisotopic (exact) mass is 316 g/mol. The Hall–Kier alpha value is -2.23. The largest absolute Gasteiger partial charge is 0.490 e. The van der Waals surface area contributed by atoms with Crippen molar-refractivity contribution in [1.82, 2.24) is 0 Å². The summed E-state index contributed by atoms with van der Waals surface area (Å²) < 4.78 is 17.1. The van der Waals surface area contributed by atoms with E-state index in [9.17, 15) is 4.79 Å². The third-order valence-electron chi connectivity index (χ3n) is 3.33. The van der Waals surface area contributed by atoms with Gasteiger partial charge in [-0.05, 0) is 34.6 Å². The van der Waals surface area contributed by atoms with Gasteiger partial charge in [0.2, 0.25) is 0 Å². The maximum absolute atomic E-state index is 12.3. The van der Waals surface area contributed by atoms with E-state index in [0.29, 0.717) is 30.5 Å². The molecule has 0 bridgehead atoms. The van der Waals surface area contributed by atoms with Crippen LogP contribution in [0.25, 0.3) is 10.8 Å². The van der Waals surface area contributed by atoms with Crippen LogP contribution in [0.5, 0.6) is 17.2 Å². The molecule has 23 heavy (non-hydrogen) atoms. The summed E-state index contributed by atoms with van der Waals surface area (Å²) in [6, 6.07) is 9.43. The molecule has 0 heterocycles. The highest BCUT2D eigenvalue weighted by Gasteiger charge is 2.25. The molecule has 0 N–H and O–H groups in total. The average molecular weight is 316 g/mol. The van der Waals surface area contributed by atoms with Gasteiger partial charge in [0.1, 0.15) is 5.75 Å². The van der Waals surface area contributed by atoms with Crippen molar-refractivity contribution in [2.24, 2.45) is 5.41 Å². The van der Waals surface area contributed by atoms with Crippen molar-refractivity contribution in [3.8, 4) is 17.2 Å². The number of esters is 1. The Balaban J connectivity index is 2.60. The van der Waals surface area contributed by atoms with E-state index in [2.05, 4.69) is 0 Å². The van der Waals surface area contributed by atoms with Gasteiger partial charge in [-0.3, -0.25) is 4.79 Å². The lowest BCUT2D eigenvalue weighted by molar-refractivity contribution is -0.142. The predicted molar refractivity (Wildman–Crippen MR) is 91.4 cm³/mol. The van der Waals surface area contributed by atoms with E-state index < -0.39 is 5.41 Å². The van der Waals surface area contributed by atoms with Gasteiger partial charge < -0.3 is 14.2 Å². The highest BCUT2D eigenvalue weighted by Crippen LogP contribution is 2.42. The minimum atomic E-state index is -0.578. The molecular weight excluding hydrogens is 292 g/mol. The number of hydrogen-bond donors (Lipinski definition) is 0. The van der Waals surface area contributed by atoms with Crippen molar-refractivity contribution in [3.05, 3.63) is 30.3 Å². The molecule has 2 aromatic carbocycles. The maximum Gasteiger partial charge on any atom is 0.316 e. The number of ether oxygens (including phenoxy) is 3. The second kappa shape index (κ2) is 6.90. The summed E-state index contributed by atoms with van der Waals surface area (Å²) in [6.07, 6.45) is 0. The SMILES string of the molecule is CCOc1cc(OC(=O)C(C)(C)C)c2ccccc2c1OCC. The topological polar surface area (TPSA) is 44.8 Å². The van der Waals surface area contributed by atoms with Gasteiger partial charge in [0.25, 0.3) is 0 Å². The molecule has 0 saturated heterocycles. The van der Waals surface area contributed by atoms with Crippen LogP contribution in [-0.2, 0) is 4.79 Å². The lowest BCUT2D eigenvalue weighted by Crippen LogP contribution is -2.25. The van der Waals surface area contributed by atoms with Gasteiger partial charge in [-0.15, -0.1) is 0 Å². The Kier molecular flexibility index (Phi) is 5.14. The molecule has 124 valence electrons. The molecule has 0 aliphatic heterocycles. The molecule has 0 fully saturated rings. The van der Waals surface area contributed by atoms with Crippen LogP contribution in [0.15, 0.2) is 30.3 Å². The van der Waals surface area contributed by atoms with Gasteiger partial charge in [0.15, 0.2) is 11.5 Å². The van der Waals surface area contributed by atoms with Gasteiger partial charge in [-0.25, -0.2) is 0 Å². The second-order valence-electron chi connectivity index (χ2n) is 6.25. The summed E-state index contributed by atoms with van der Waals surface area (Å²) in [5.74, 6) is 1.48.